The maximum absolute atomic E-state index is 12.3. The molecule has 5 N–H and O–H groups in total. The molecule has 0 radical (unpaired) electrons. The minimum absolute atomic E-state index is 0.113. The van der Waals surface area contributed by atoms with Crippen LogP contribution < -0.4 is 4.74 Å². The molecule has 1 aromatic heterocycles. The molecule has 2 aromatic carbocycles. The van der Waals surface area contributed by atoms with Crippen molar-refractivity contribution >= 4 is 29.1 Å². The van der Waals surface area contributed by atoms with Crippen LogP contribution in [0.2, 0.25) is 10.0 Å². The van der Waals surface area contributed by atoms with Gasteiger partial charge in [-0.3, -0.25) is 9.78 Å². The summed E-state index contributed by atoms with van der Waals surface area (Å²) >= 11 is 13.4. The molecular weight excluding hydrogens is 659 g/mol. The van der Waals surface area contributed by atoms with Gasteiger partial charge in [-0.2, -0.15) is 0 Å². The Morgan fingerprint density at radius 1 is 0.979 bits per heavy atom. The van der Waals surface area contributed by atoms with Crippen molar-refractivity contribution in [2.75, 3.05) is 26.3 Å². The smallest absolute Gasteiger partial charge is 0.248 e. The summed E-state index contributed by atoms with van der Waals surface area (Å²) in [6.07, 6.45) is 5.11. The molecule has 2 fully saturated rings. The molecule has 1 amide bonds. The zero-order valence-corrected chi connectivity index (χ0v) is 28.3. The van der Waals surface area contributed by atoms with E-state index in [1.54, 1.807) is 6.20 Å². The molecule has 0 bridgehead atoms. The molecule has 48 heavy (non-hydrogen) atoms. The van der Waals surface area contributed by atoms with Gasteiger partial charge in [0.15, 0.2) is 0 Å². The average molecular weight is 704 g/mol. The fourth-order valence-corrected chi connectivity index (χ4v) is 6.35. The lowest BCUT2D eigenvalue weighted by molar-refractivity contribution is -0.138. The number of aromatic nitrogens is 1. The predicted molar refractivity (Wildman–Crippen MR) is 182 cm³/mol. The fourth-order valence-electron chi connectivity index (χ4n) is 5.83. The molecule has 2 saturated carbocycles. The number of aliphatic hydroxyl groups excluding tert-OH is 5. The van der Waals surface area contributed by atoms with Crippen molar-refractivity contribution < 1.29 is 39.8 Å². The topological polar surface area (TPSA) is 153 Å². The van der Waals surface area contributed by atoms with Gasteiger partial charge < -0.3 is 39.9 Å². The number of aryl methyl sites for hydroxylation is 1. The second kappa shape index (κ2) is 16.7. The van der Waals surface area contributed by atoms with Crippen LogP contribution in [0.5, 0.6) is 5.75 Å². The molecule has 10 nitrogen and oxygen atoms in total. The van der Waals surface area contributed by atoms with Crippen molar-refractivity contribution in [3.05, 3.63) is 81.6 Å². The van der Waals surface area contributed by atoms with Crippen LogP contribution in [0.4, 0.5) is 0 Å². The molecular formula is C36H44Cl2N2O8. The number of aliphatic hydroxyl groups is 5. The molecule has 3 unspecified atom stereocenters. The Morgan fingerprint density at radius 2 is 1.71 bits per heavy atom. The summed E-state index contributed by atoms with van der Waals surface area (Å²) in [5.41, 5.74) is 4.22. The number of benzene rings is 2. The number of para-hydroxylation sites is 1. The first kappa shape index (κ1) is 36.5. The van der Waals surface area contributed by atoms with Gasteiger partial charge in [0.05, 0.1) is 30.5 Å². The highest BCUT2D eigenvalue weighted by Crippen LogP contribution is 2.53. The van der Waals surface area contributed by atoms with E-state index in [4.69, 9.17) is 37.8 Å². The second-order valence-corrected chi connectivity index (χ2v) is 13.5. The van der Waals surface area contributed by atoms with Gasteiger partial charge in [0.2, 0.25) is 5.91 Å². The van der Waals surface area contributed by atoms with Crippen LogP contribution in [0.25, 0.3) is 11.1 Å². The molecule has 3 aromatic rings. The lowest BCUT2D eigenvalue weighted by atomic mass is 9.96. The highest BCUT2D eigenvalue weighted by molar-refractivity contribution is 6.34. The third-order valence-corrected chi connectivity index (χ3v) is 9.67. The van der Waals surface area contributed by atoms with E-state index in [9.17, 15) is 25.2 Å². The molecule has 1 heterocycles. The zero-order valence-electron chi connectivity index (χ0n) is 26.8. The van der Waals surface area contributed by atoms with Gasteiger partial charge in [0.1, 0.15) is 18.5 Å². The van der Waals surface area contributed by atoms with Crippen molar-refractivity contribution in [3.63, 3.8) is 0 Å². The zero-order chi connectivity index (χ0) is 34.3. The van der Waals surface area contributed by atoms with E-state index >= 15 is 0 Å². The van der Waals surface area contributed by atoms with Gasteiger partial charge in [-0.15, -0.1) is 0 Å². The van der Waals surface area contributed by atoms with Crippen molar-refractivity contribution in [2.45, 2.75) is 88.0 Å². The molecule has 2 aliphatic rings. The van der Waals surface area contributed by atoms with Gasteiger partial charge >= 0.3 is 0 Å². The molecule has 0 saturated heterocycles. The Bertz CT molecular complexity index is 1530. The van der Waals surface area contributed by atoms with Gasteiger partial charge in [-0.05, 0) is 92.3 Å². The number of nitrogens with zero attached hydrogens (tertiary/aromatic N) is 2. The number of amides is 1. The molecule has 260 valence electrons. The van der Waals surface area contributed by atoms with Crippen LogP contribution in [0.3, 0.4) is 0 Å². The summed E-state index contributed by atoms with van der Waals surface area (Å²) in [7, 11) is 0. The van der Waals surface area contributed by atoms with E-state index in [1.165, 1.54) is 4.90 Å². The number of carbonyl (C=O) groups excluding carboxylic acids is 1. The summed E-state index contributed by atoms with van der Waals surface area (Å²) < 4.78 is 12.8. The highest BCUT2D eigenvalue weighted by atomic mass is 35.5. The predicted octanol–water partition coefficient (Wildman–Crippen LogP) is 4.41. The standard InChI is InChI=1S/C36H44Cl2N2O8/c37-29-18-24(30(38)17-23(29)5-3-4-15-40(34(45)21-42)20-32(44)35(46)31(43)11-16-41)22-47-36(12-13-36)28-19-39-14-10-26(28)27-6-1-2-7-33(27)48-25-8-9-25/h1-2,6-7,10,14,17-19,25,31-32,35,41-44,46H,3-5,8-9,11-13,15-16,20-22H2. The van der Waals surface area contributed by atoms with Crippen LogP contribution in [0, 0.1) is 0 Å². The molecule has 12 heteroatoms. The molecule has 2 aliphatic carbocycles. The maximum Gasteiger partial charge on any atom is 0.248 e. The summed E-state index contributed by atoms with van der Waals surface area (Å²) in [6, 6.07) is 13.8. The van der Waals surface area contributed by atoms with E-state index in [2.05, 4.69) is 11.1 Å². The Balaban J connectivity index is 1.18. The Labute approximate surface area is 290 Å². The van der Waals surface area contributed by atoms with E-state index in [1.807, 2.05) is 42.6 Å². The van der Waals surface area contributed by atoms with Crippen LogP contribution in [0.15, 0.2) is 54.9 Å². The molecule has 3 atom stereocenters. The minimum atomic E-state index is -1.54. The summed E-state index contributed by atoms with van der Waals surface area (Å²) in [4.78, 5) is 17.9. The lowest BCUT2D eigenvalue weighted by Gasteiger charge is -2.29. The van der Waals surface area contributed by atoms with Crippen LogP contribution in [0.1, 0.15) is 61.6 Å². The van der Waals surface area contributed by atoms with Crippen LogP contribution >= 0.6 is 23.2 Å². The average Bonchev–Trinajstić information content (AvgIpc) is 4.04. The number of halogens is 2. The van der Waals surface area contributed by atoms with E-state index in [0.717, 1.165) is 59.3 Å². The van der Waals surface area contributed by atoms with E-state index in [0.29, 0.717) is 29.3 Å². The summed E-state index contributed by atoms with van der Waals surface area (Å²) in [5, 5.41) is 49.7. The van der Waals surface area contributed by atoms with Crippen LogP contribution in [-0.4, -0.2) is 92.0 Å². The second-order valence-electron chi connectivity index (χ2n) is 12.6. The third kappa shape index (κ3) is 9.25. The number of pyridine rings is 1. The van der Waals surface area contributed by atoms with Gasteiger partial charge in [-0.25, -0.2) is 0 Å². The quantitative estimate of drug-likeness (QED) is 0.114. The summed E-state index contributed by atoms with van der Waals surface area (Å²) in [6.45, 7) is -0.895. The number of ether oxygens (including phenoxy) is 2. The summed E-state index contributed by atoms with van der Waals surface area (Å²) in [5.74, 6) is 0.262. The number of rotatable bonds is 19. The first-order chi connectivity index (χ1) is 23.2. The van der Waals surface area contributed by atoms with Crippen molar-refractivity contribution in [1.29, 1.82) is 0 Å². The molecule has 0 spiro atoms. The fraction of sp³-hybridized carbons (Fsp3) is 0.500. The lowest BCUT2D eigenvalue weighted by Crippen LogP contribution is -2.47. The van der Waals surface area contributed by atoms with Crippen molar-refractivity contribution in [3.8, 4) is 16.9 Å². The van der Waals surface area contributed by atoms with Gasteiger partial charge in [0.25, 0.3) is 0 Å². The molecule has 0 aliphatic heterocycles. The maximum atomic E-state index is 12.3. The number of carbonyl (C=O) groups is 1. The van der Waals surface area contributed by atoms with Crippen LogP contribution in [-0.2, 0) is 28.2 Å². The van der Waals surface area contributed by atoms with E-state index < -0.39 is 36.4 Å². The van der Waals surface area contributed by atoms with Crippen molar-refractivity contribution in [1.82, 2.24) is 9.88 Å². The number of hydrogen-bond acceptors (Lipinski definition) is 9. The number of hydrogen-bond donors (Lipinski definition) is 5. The van der Waals surface area contributed by atoms with Gasteiger partial charge in [-0.1, -0.05) is 41.4 Å². The SMILES string of the molecule is O=C(CO)N(CCCCc1cc(Cl)c(COC2(c3cnccc3-c3ccccc3OC3CC3)CC2)cc1Cl)CC(O)C(O)C(O)CCO. The highest BCUT2D eigenvalue weighted by Gasteiger charge is 2.48. The monoisotopic (exact) mass is 702 g/mol. The first-order valence-electron chi connectivity index (χ1n) is 16.5. The Morgan fingerprint density at radius 3 is 2.42 bits per heavy atom. The first-order valence-corrected chi connectivity index (χ1v) is 17.3. The van der Waals surface area contributed by atoms with E-state index in [-0.39, 0.29) is 38.8 Å². The largest absolute Gasteiger partial charge is 0.490 e. The Hall–Kier alpha value is -2.80. The number of unbranched alkanes of at least 4 members (excludes halogenated alkanes) is 1. The third-order valence-electron chi connectivity index (χ3n) is 8.96. The molecule has 5 rings (SSSR count). The Kier molecular flexibility index (Phi) is 12.7. The normalized spacial score (nSPS) is 17.1. The van der Waals surface area contributed by atoms with Gasteiger partial charge in [0, 0.05) is 53.3 Å². The van der Waals surface area contributed by atoms with Crippen molar-refractivity contribution in [2.24, 2.45) is 0 Å². The minimum Gasteiger partial charge on any atom is -0.490 e.